The van der Waals surface area contributed by atoms with Gasteiger partial charge in [0.15, 0.2) is 5.82 Å². The number of aromatic hydroxyl groups is 1. The molecule has 0 aliphatic heterocycles. The number of hydrogen-bond donors (Lipinski definition) is 3. The van der Waals surface area contributed by atoms with E-state index in [1.54, 1.807) is 18.2 Å². The number of nitrogens with two attached hydrogens (primary N) is 1. The fourth-order valence-corrected chi connectivity index (χ4v) is 1.50. The zero-order valence-corrected chi connectivity index (χ0v) is 9.23. The summed E-state index contributed by atoms with van der Waals surface area (Å²) >= 11 is 0. The summed E-state index contributed by atoms with van der Waals surface area (Å²) in [5.74, 6) is 7.07. The van der Waals surface area contributed by atoms with E-state index in [-0.39, 0.29) is 11.7 Å². The number of benzene rings is 1. The number of rotatable bonds is 2. The lowest BCUT2D eigenvalue weighted by Crippen LogP contribution is -2.11. The van der Waals surface area contributed by atoms with E-state index in [1.165, 1.54) is 0 Å². The number of phenolic OH excluding ortho intramolecular Hbond substituents is 1. The Balaban J connectivity index is 2.73. The van der Waals surface area contributed by atoms with Crippen LogP contribution in [0.15, 0.2) is 18.2 Å². The zero-order chi connectivity index (χ0) is 11.7. The smallest absolute Gasteiger partial charge is 0.151 e. The molecule has 0 aliphatic carbocycles. The fraction of sp³-hybridized carbons (Fsp3) is 0.273. The first-order valence-electron chi connectivity index (χ1n) is 5.09. The van der Waals surface area contributed by atoms with Gasteiger partial charge in [0.2, 0.25) is 0 Å². The van der Waals surface area contributed by atoms with Crippen molar-refractivity contribution >= 4 is 16.7 Å². The van der Waals surface area contributed by atoms with E-state index in [1.807, 2.05) is 13.8 Å². The summed E-state index contributed by atoms with van der Waals surface area (Å²) in [6.07, 6.45) is 0. The van der Waals surface area contributed by atoms with Crippen LogP contribution < -0.4 is 11.3 Å². The van der Waals surface area contributed by atoms with Crippen LogP contribution in [0.3, 0.4) is 0 Å². The Morgan fingerprint density at radius 3 is 2.69 bits per heavy atom. The van der Waals surface area contributed by atoms with Gasteiger partial charge in [-0.3, -0.25) is 0 Å². The van der Waals surface area contributed by atoms with Crippen molar-refractivity contribution in [2.24, 2.45) is 5.84 Å². The molecule has 2 aromatic rings. The Morgan fingerprint density at radius 2 is 2.06 bits per heavy atom. The highest BCUT2D eigenvalue weighted by Gasteiger charge is 2.09. The van der Waals surface area contributed by atoms with Gasteiger partial charge in [0.25, 0.3) is 0 Å². The van der Waals surface area contributed by atoms with Crippen molar-refractivity contribution in [2.45, 2.75) is 19.8 Å². The standard InChI is InChI=1S/C11H14N4O/c1-6(2)10-13-9-4-3-7(16)5-8(9)11(14-10)15-12/h3-6,16H,12H2,1-2H3,(H,13,14,15). The van der Waals surface area contributed by atoms with E-state index in [2.05, 4.69) is 15.4 Å². The SMILES string of the molecule is CC(C)c1nc(NN)c2cc(O)ccc2n1. The fourth-order valence-electron chi connectivity index (χ4n) is 1.50. The number of fused-ring (bicyclic) bond motifs is 1. The predicted molar refractivity (Wildman–Crippen MR) is 63.1 cm³/mol. The number of hydrogen-bond acceptors (Lipinski definition) is 5. The van der Waals surface area contributed by atoms with Crippen LogP contribution in [0.2, 0.25) is 0 Å². The third-order valence-corrected chi connectivity index (χ3v) is 2.35. The molecule has 0 spiro atoms. The lowest BCUT2D eigenvalue weighted by Gasteiger charge is -2.09. The summed E-state index contributed by atoms with van der Waals surface area (Å²) in [7, 11) is 0. The lowest BCUT2D eigenvalue weighted by molar-refractivity contribution is 0.476. The average molecular weight is 218 g/mol. The minimum absolute atomic E-state index is 0.171. The molecule has 0 radical (unpaired) electrons. The maximum absolute atomic E-state index is 9.40. The molecule has 2 rings (SSSR count). The van der Waals surface area contributed by atoms with Crippen molar-refractivity contribution in [2.75, 3.05) is 5.43 Å². The Bertz CT molecular complexity index is 525. The van der Waals surface area contributed by atoms with Gasteiger partial charge in [-0.1, -0.05) is 13.8 Å². The van der Waals surface area contributed by atoms with Crippen molar-refractivity contribution in [3.05, 3.63) is 24.0 Å². The monoisotopic (exact) mass is 218 g/mol. The van der Waals surface area contributed by atoms with E-state index in [4.69, 9.17) is 5.84 Å². The zero-order valence-electron chi connectivity index (χ0n) is 9.23. The van der Waals surface area contributed by atoms with Gasteiger partial charge in [-0.25, -0.2) is 15.8 Å². The molecule has 5 heteroatoms. The molecule has 0 fully saturated rings. The van der Waals surface area contributed by atoms with Crippen LogP contribution in [0.1, 0.15) is 25.6 Å². The highest BCUT2D eigenvalue weighted by molar-refractivity contribution is 5.90. The lowest BCUT2D eigenvalue weighted by atomic mass is 10.1. The molecule has 0 bridgehead atoms. The molecule has 5 nitrogen and oxygen atoms in total. The van der Waals surface area contributed by atoms with Crippen LogP contribution >= 0.6 is 0 Å². The van der Waals surface area contributed by atoms with Gasteiger partial charge in [-0.05, 0) is 18.2 Å². The second kappa shape index (κ2) is 3.94. The Hall–Kier alpha value is -1.88. The first kappa shape index (κ1) is 10.6. The number of anilines is 1. The van der Waals surface area contributed by atoms with Crippen LogP contribution in [0.4, 0.5) is 5.82 Å². The predicted octanol–water partition coefficient (Wildman–Crippen LogP) is 1.74. The molecule has 84 valence electrons. The molecule has 0 amide bonds. The molecule has 0 saturated heterocycles. The maximum atomic E-state index is 9.40. The molecular weight excluding hydrogens is 204 g/mol. The maximum Gasteiger partial charge on any atom is 0.151 e. The van der Waals surface area contributed by atoms with E-state index in [0.29, 0.717) is 11.2 Å². The van der Waals surface area contributed by atoms with Crippen molar-refractivity contribution < 1.29 is 5.11 Å². The number of nitrogen functional groups attached to an aromatic ring is 1. The summed E-state index contributed by atoms with van der Waals surface area (Å²) in [6, 6.07) is 4.94. The molecule has 0 unspecified atom stereocenters. The van der Waals surface area contributed by atoms with Gasteiger partial charge in [0.1, 0.15) is 11.6 Å². The third kappa shape index (κ3) is 1.77. The van der Waals surface area contributed by atoms with Gasteiger partial charge in [0.05, 0.1) is 5.52 Å². The van der Waals surface area contributed by atoms with Crippen molar-refractivity contribution in [3.63, 3.8) is 0 Å². The second-order valence-corrected chi connectivity index (χ2v) is 3.93. The minimum atomic E-state index is 0.171. The second-order valence-electron chi connectivity index (χ2n) is 3.93. The van der Waals surface area contributed by atoms with Crippen molar-refractivity contribution in [3.8, 4) is 5.75 Å². The molecular formula is C11H14N4O. The van der Waals surface area contributed by atoms with Crippen LogP contribution in [-0.4, -0.2) is 15.1 Å². The number of aromatic nitrogens is 2. The topological polar surface area (TPSA) is 84.1 Å². The summed E-state index contributed by atoms with van der Waals surface area (Å²) in [5, 5.41) is 10.1. The van der Waals surface area contributed by atoms with Crippen molar-refractivity contribution in [1.29, 1.82) is 0 Å². The van der Waals surface area contributed by atoms with Crippen LogP contribution in [0.5, 0.6) is 5.75 Å². The third-order valence-electron chi connectivity index (χ3n) is 2.35. The number of nitrogens with zero attached hydrogens (tertiary/aromatic N) is 2. The highest BCUT2D eigenvalue weighted by atomic mass is 16.3. The van der Waals surface area contributed by atoms with Gasteiger partial charge in [-0.2, -0.15) is 0 Å². The number of nitrogens with one attached hydrogen (secondary N) is 1. The van der Waals surface area contributed by atoms with E-state index in [9.17, 15) is 5.11 Å². The summed E-state index contributed by atoms with van der Waals surface area (Å²) in [6.45, 7) is 4.03. The minimum Gasteiger partial charge on any atom is -0.508 e. The molecule has 1 aromatic heterocycles. The summed E-state index contributed by atoms with van der Waals surface area (Å²) < 4.78 is 0. The molecule has 0 saturated carbocycles. The quantitative estimate of drug-likeness (QED) is 0.528. The van der Waals surface area contributed by atoms with Crippen LogP contribution in [0, 0.1) is 0 Å². The van der Waals surface area contributed by atoms with Gasteiger partial charge >= 0.3 is 0 Å². The first-order chi connectivity index (χ1) is 7.61. The Morgan fingerprint density at radius 1 is 1.31 bits per heavy atom. The molecule has 0 aliphatic rings. The van der Waals surface area contributed by atoms with E-state index < -0.39 is 0 Å². The Kier molecular flexibility index (Phi) is 2.62. The Labute approximate surface area is 93.3 Å². The number of phenols is 1. The molecule has 1 heterocycles. The van der Waals surface area contributed by atoms with E-state index in [0.717, 1.165) is 11.3 Å². The van der Waals surface area contributed by atoms with Gasteiger partial charge in [0, 0.05) is 11.3 Å². The largest absolute Gasteiger partial charge is 0.508 e. The van der Waals surface area contributed by atoms with Crippen LogP contribution in [-0.2, 0) is 0 Å². The summed E-state index contributed by atoms with van der Waals surface area (Å²) in [5.41, 5.74) is 3.30. The molecule has 16 heavy (non-hydrogen) atoms. The van der Waals surface area contributed by atoms with E-state index >= 15 is 0 Å². The molecule has 1 aromatic carbocycles. The number of hydrazine groups is 1. The normalized spacial score (nSPS) is 11.0. The highest BCUT2D eigenvalue weighted by Crippen LogP contribution is 2.25. The summed E-state index contributed by atoms with van der Waals surface area (Å²) in [4.78, 5) is 8.71. The molecule has 0 atom stereocenters. The van der Waals surface area contributed by atoms with Crippen molar-refractivity contribution in [1.82, 2.24) is 9.97 Å². The first-order valence-corrected chi connectivity index (χ1v) is 5.09. The molecule has 4 N–H and O–H groups in total. The van der Waals surface area contributed by atoms with Gasteiger partial charge in [-0.15, -0.1) is 0 Å². The van der Waals surface area contributed by atoms with Gasteiger partial charge < -0.3 is 10.5 Å². The average Bonchev–Trinajstić information content (AvgIpc) is 2.27. The van der Waals surface area contributed by atoms with Crippen LogP contribution in [0.25, 0.3) is 10.9 Å².